The van der Waals surface area contributed by atoms with Gasteiger partial charge in [0.15, 0.2) is 0 Å². The second-order valence-electron chi connectivity index (χ2n) is 6.38. The van der Waals surface area contributed by atoms with Crippen LogP contribution in [-0.4, -0.2) is 62.0 Å². The van der Waals surface area contributed by atoms with Gasteiger partial charge in [-0.25, -0.2) is 4.98 Å². The van der Waals surface area contributed by atoms with Crippen LogP contribution in [0.4, 0.5) is 5.69 Å². The molecule has 27 heavy (non-hydrogen) atoms. The Morgan fingerprint density at radius 2 is 1.89 bits per heavy atom. The van der Waals surface area contributed by atoms with Gasteiger partial charge in [0, 0.05) is 32.7 Å². The van der Waals surface area contributed by atoms with Crippen molar-refractivity contribution in [1.82, 2.24) is 15.2 Å². The normalized spacial score (nSPS) is 14.0. The zero-order chi connectivity index (χ0) is 19.1. The fourth-order valence-corrected chi connectivity index (χ4v) is 3.00. The molecule has 1 N–H and O–H groups in total. The van der Waals surface area contributed by atoms with Crippen molar-refractivity contribution >= 4 is 18.0 Å². The van der Waals surface area contributed by atoms with Gasteiger partial charge in [-0.1, -0.05) is 12.1 Å². The Bertz CT molecular complexity index is 754. The van der Waals surface area contributed by atoms with Crippen LogP contribution >= 0.6 is 0 Å². The van der Waals surface area contributed by atoms with Crippen molar-refractivity contribution in [2.45, 2.75) is 6.42 Å². The molecule has 1 aliphatic rings. The lowest BCUT2D eigenvalue weighted by Gasteiger charge is -2.33. The number of benzene rings is 1. The van der Waals surface area contributed by atoms with E-state index in [1.165, 1.54) is 0 Å². The maximum absolute atomic E-state index is 12.3. The van der Waals surface area contributed by atoms with Gasteiger partial charge in [-0.2, -0.15) is 0 Å². The number of carbonyl (C=O) groups is 2. The molecule has 1 aromatic carbocycles. The molecule has 7 heteroatoms. The lowest BCUT2D eigenvalue weighted by molar-refractivity contribution is -0.118. The van der Waals surface area contributed by atoms with E-state index in [1.54, 1.807) is 24.3 Å². The molecular weight excluding hydrogens is 344 g/mol. The highest BCUT2D eigenvalue weighted by molar-refractivity contribution is 5.92. The van der Waals surface area contributed by atoms with E-state index >= 15 is 0 Å². The maximum Gasteiger partial charge on any atom is 0.269 e. The van der Waals surface area contributed by atoms with Gasteiger partial charge in [-0.15, -0.1) is 0 Å². The van der Waals surface area contributed by atoms with E-state index in [1.807, 2.05) is 30.3 Å². The van der Waals surface area contributed by atoms with Crippen LogP contribution in [0.2, 0.25) is 0 Å². The van der Waals surface area contributed by atoms with Gasteiger partial charge in [-0.05, 0) is 36.2 Å². The number of piperazine rings is 1. The van der Waals surface area contributed by atoms with E-state index in [2.05, 4.69) is 15.2 Å². The highest BCUT2D eigenvalue weighted by Crippen LogP contribution is 2.15. The van der Waals surface area contributed by atoms with Gasteiger partial charge in [0.1, 0.15) is 11.4 Å². The first kappa shape index (κ1) is 18.7. The number of carbonyl (C=O) groups excluding carboxylic acids is 2. The zero-order valence-corrected chi connectivity index (χ0v) is 15.4. The maximum atomic E-state index is 12.3. The van der Waals surface area contributed by atoms with Crippen molar-refractivity contribution in [3.8, 4) is 5.75 Å². The molecule has 2 aromatic rings. The van der Waals surface area contributed by atoms with Crippen molar-refractivity contribution in [1.29, 1.82) is 0 Å². The van der Waals surface area contributed by atoms with Crippen LogP contribution in [0.15, 0.2) is 42.6 Å². The SMILES string of the molecule is COc1ccc(CCNC(=O)c2ccc(N3CCN(C=O)CC3)cn2)cc1. The lowest BCUT2D eigenvalue weighted by atomic mass is 10.1. The average Bonchev–Trinajstić information content (AvgIpc) is 2.74. The van der Waals surface area contributed by atoms with Crippen LogP contribution in [0.25, 0.3) is 0 Å². The van der Waals surface area contributed by atoms with E-state index in [4.69, 9.17) is 4.74 Å². The number of nitrogens with one attached hydrogen (secondary N) is 1. The highest BCUT2D eigenvalue weighted by atomic mass is 16.5. The van der Waals surface area contributed by atoms with E-state index in [9.17, 15) is 9.59 Å². The van der Waals surface area contributed by atoms with Crippen LogP contribution in [0, 0.1) is 0 Å². The Hall–Kier alpha value is -3.09. The Morgan fingerprint density at radius 1 is 1.15 bits per heavy atom. The quantitative estimate of drug-likeness (QED) is 0.747. The van der Waals surface area contributed by atoms with Crippen LogP contribution in [0.3, 0.4) is 0 Å². The molecule has 2 heterocycles. The molecule has 142 valence electrons. The summed E-state index contributed by atoms with van der Waals surface area (Å²) in [6.07, 6.45) is 3.35. The van der Waals surface area contributed by atoms with E-state index in [-0.39, 0.29) is 5.91 Å². The summed E-state index contributed by atoms with van der Waals surface area (Å²) in [4.78, 5) is 31.2. The summed E-state index contributed by atoms with van der Waals surface area (Å²) in [7, 11) is 1.64. The molecule has 1 aromatic heterocycles. The Balaban J connectivity index is 1.47. The summed E-state index contributed by atoms with van der Waals surface area (Å²) in [5.74, 6) is 0.639. The van der Waals surface area contributed by atoms with Crippen molar-refractivity contribution in [2.75, 3.05) is 44.7 Å². The molecule has 1 saturated heterocycles. The van der Waals surface area contributed by atoms with E-state index in [0.29, 0.717) is 25.3 Å². The average molecular weight is 368 g/mol. The highest BCUT2D eigenvalue weighted by Gasteiger charge is 2.16. The number of amides is 2. The Morgan fingerprint density at radius 3 is 2.48 bits per heavy atom. The van der Waals surface area contributed by atoms with Gasteiger partial charge in [-0.3, -0.25) is 9.59 Å². The summed E-state index contributed by atoms with van der Waals surface area (Å²) in [5.41, 5.74) is 2.50. The third kappa shape index (κ3) is 4.97. The molecule has 3 rings (SSSR count). The molecule has 1 aliphatic heterocycles. The van der Waals surface area contributed by atoms with Crippen molar-refractivity contribution in [3.63, 3.8) is 0 Å². The van der Waals surface area contributed by atoms with Crippen LogP contribution in [-0.2, 0) is 11.2 Å². The minimum atomic E-state index is -0.180. The van der Waals surface area contributed by atoms with Crippen molar-refractivity contribution < 1.29 is 14.3 Å². The Labute approximate surface area is 158 Å². The predicted octanol–water partition coefficient (Wildman–Crippen LogP) is 1.34. The second kappa shape index (κ2) is 9.02. The summed E-state index contributed by atoms with van der Waals surface area (Å²) in [5, 5.41) is 2.90. The van der Waals surface area contributed by atoms with Gasteiger partial charge in [0.2, 0.25) is 6.41 Å². The largest absolute Gasteiger partial charge is 0.497 e. The summed E-state index contributed by atoms with van der Waals surface area (Å²) >= 11 is 0. The van der Waals surface area contributed by atoms with Gasteiger partial charge in [0.25, 0.3) is 5.91 Å². The van der Waals surface area contributed by atoms with Gasteiger partial charge < -0.3 is 19.9 Å². The first-order chi connectivity index (χ1) is 13.2. The summed E-state index contributed by atoms with van der Waals surface area (Å²) in [6, 6.07) is 11.4. The molecule has 0 atom stereocenters. The monoisotopic (exact) mass is 368 g/mol. The number of hydrogen-bond acceptors (Lipinski definition) is 5. The topological polar surface area (TPSA) is 74.8 Å². The number of pyridine rings is 1. The number of nitrogens with zero attached hydrogens (tertiary/aromatic N) is 3. The molecule has 0 aliphatic carbocycles. The number of anilines is 1. The smallest absolute Gasteiger partial charge is 0.269 e. The molecular formula is C20H24N4O3. The number of hydrogen-bond donors (Lipinski definition) is 1. The summed E-state index contributed by atoms with van der Waals surface area (Å²) in [6.45, 7) is 3.50. The lowest BCUT2D eigenvalue weighted by Crippen LogP contribution is -2.45. The van der Waals surface area contributed by atoms with E-state index in [0.717, 1.165) is 42.9 Å². The fourth-order valence-electron chi connectivity index (χ4n) is 3.00. The predicted molar refractivity (Wildman–Crippen MR) is 103 cm³/mol. The van der Waals surface area contributed by atoms with Gasteiger partial charge in [0.05, 0.1) is 19.0 Å². The molecule has 0 saturated carbocycles. The third-order valence-corrected chi connectivity index (χ3v) is 4.67. The molecule has 1 fully saturated rings. The minimum Gasteiger partial charge on any atom is -0.497 e. The van der Waals surface area contributed by atoms with Crippen molar-refractivity contribution in [3.05, 3.63) is 53.9 Å². The first-order valence-corrected chi connectivity index (χ1v) is 9.01. The minimum absolute atomic E-state index is 0.180. The second-order valence-corrected chi connectivity index (χ2v) is 6.38. The number of rotatable bonds is 7. The molecule has 0 unspecified atom stereocenters. The number of ether oxygens (including phenoxy) is 1. The molecule has 2 amide bonds. The standard InChI is InChI=1S/C20H24N4O3/c1-27-18-5-2-16(3-6-18)8-9-21-20(26)19-7-4-17(14-22-19)24-12-10-23(15-25)11-13-24/h2-7,14-15H,8-13H2,1H3,(H,21,26). The van der Waals surface area contributed by atoms with Crippen LogP contribution in [0.5, 0.6) is 5.75 Å². The van der Waals surface area contributed by atoms with Crippen LogP contribution < -0.4 is 15.0 Å². The third-order valence-electron chi connectivity index (χ3n) is 4.67. The first-order valence-electron chi connectivity index (χ1n) is 9.01. The Kier molecular flexibility index (Phi) is 6.25. The van der Waals surface area contributed by atoms with E-state index < -0.39 is 0 Å². The fraction of sp³-hybridized carbons (Fsp3) is 0.350. The molecule has 0 spiro atoms. The molecule has 0 bridgehead atoms. The van der Waals surface area contributed by atoms with Crippen molar-refractivity contribution in [2.24, 2.45) is 0 Å². The number of methoxy groups -OCH3 is 1. The van der Waals surface area contributed by atoms with Crippen LogP contribution in [0.1, 0.15) is 16.1 Å². The molecule has 0 radical (unpaired) electrons. The zero-order valence-electron chi connectivity index (χ0n) is 15.4. The van der Waals surface area contributed by atoms with Gasteiger partial charge >= 0.3 is 0 Å². The molecule has 7 nitrogen and oxygen atoms in total. The summed E-state index contributed by atoms with van der Waals surface area (Å²) < 4.78 is 5.13. The number of aromatic nitrogens is 1.